The number of fused-ring (bicyclic) bond motifs is 1. The molecule has 4 heteroatoms. The molecule has 0 amide bonds. The topological polar surface area (TPSA) is 52.9 Å². The van der Waals surface area contributed by atoms with Gasteiger partial charge in [-0.05, 0) is 76.8 Å². The van der Waals surface area contributed by atoms with E-state index in [0.29, 0.717) is 17.8 Å². The summed E-state index contributed by atoms with van der Waals surface area (Å²) in [4.78, 5) is 2.37. The van der Waals surface area contributed by atoms with Crippen molar-refractivity contribution >= 4 is 0 Å². The Labute approximate surface area is 191 Å². The maximum absolute atomic E-state index is 10.6. The van der Waals surface area contributed by atoms with Crippen LogP contribution in [0.5, 0.6) is 0 Å². The molecule has 2 rings (SSSR count). The third-order valence-corrected chi connectivity index (χ3v) is 7.41. The number of hydrogen-bond acceptors (Lipinski definition) is 4. The van der Waals surface area contributed by atoms with Gasteiger partial charge < -0.3 is 19.8 Å². The summed E-state index contributed by atoms with van der Waals surface area (Å²) in [6.45, 7) is 13.7. The Balaban J connectivity index is 1.72. The van der Waals surface area contributed by atoms with Gasteiger partial charge in [-0.25, -0.2) is 0 Å². The van der Waals surface area contributed by atoms with Crippen molar-refractivity contribution in [3.8, 4) is 0 Å². The monoisotopic (exact) mass is 435 g/mol. The first-order valence-corrected chi connectivity index (χ1v) is 12.6. The summed E-state index contributed by atoms with van der Waals surface area (Å²) in [7, 11) is 2.17. The molecule has 0 heterocycles. The van der Waals surface area contributed by atoms with Crippen molar-refractivity contribution < 1.29 is 14.9 Å². The minimum Gasteiger partial charge on any atom is -0.392 e. The summed E-state index contributed by atoms with van der Waals surface area (Å²) < 4.78 is 5.97. The van der Waals surface area contributed by atoms with Crippen LogP contribution < -0.4 is 0 Å². The highest BCUT2D eigenvalue weighted by Crippen LogP contribution is 2.47. The van der Waals surface area contributed by atoms with Crippen molar-refractivity contribution in [3.05, 3.63) is 23.8 Å². The molecule has 0 unspecified atom stereocenters. The van der Waals surface area contributed by atoms with Gasteiger partial charge in [0.25, 0.3) is 0 Å². The molecule has 2 aliphatic carbocycles. The van der Waals surface area contributed by atoms with Crippen molar-refractivity contribution in [3.63, 3.8) is 0 Å². The first-order chi connectivity index (χ1) is 14.6. The second-order valence-electron chi connectivity index (χ2n) is 11.2. The van der Waals surface area contributed by atoms with Gasteiger partial charge in [-0.15, -0.1) is 0 Å². The molecule has 0 aromatic rings. The normalized spacial score (nSPS) is 28.4. The molecule has 2 aliphatic rings. The summed E-state index contributed by atoms with van der Waals surface area (Å²) >= 11 is 0. The Morgan fingerprint density at radius 3 is 2.71 bits per heavy atom. The molecule has 1 fully saturated rings. The Bertz CT molecular complexity index is 580. The lowest BCUT2D eigenvalue weighted by atomic mass is 9.88. The molecule has 0 aliphatic heterocycles. The minimum absolute atomic E-state index is 0.153. The number of hydrogen-bond donors (Lipinski definition) is 2. The van der Waals surface area contributed by atoms with E-state index in [9.17, 15) is 10.2 Å². The maximum Gasteiger partial charge on any atom is 0.0723 e. The molecule has 4 nitrogen and oxygen atoms in total. The molecular weight excluding hydrogens is 386 g/mol. The van der Waals surface area contributed by atoms with E-state index in [1.54, 1.807) is 0 Å². The van der Waals surface area contributed by atoms with Gasteiger partial charge in [-0.2, -0.15) is 0 Å². The zero-order valence-electron chi connectivity index (χ0n) is 21.0. The molecule has 180 valence electrons. The Morgan fingerprint density at radius 1 is 1.29 bits per heavy atom. The number of unbranched alkanes of at least 4 members (excludes halogenated alkanes) is 1. The zero-order valence-corrected chi connectivity index (χ0v) is 21.0. The second-order valence-corrected chi connectivity index (χ2v) is 11.2. The van der Waals surface area contributed by atoms with Crippen LogP contribution in [-0.2, 0) is 4.74 Å². The van der Waals surface area contributed by atoms with Crippen LogP contribution in [0.1, 0.15) is 79.6 Å². The van der Waals surface area contributed by atoms with E-state index >= 15 is 0 Å². The lowest BCUT2D eigenvalue weighted by molar-refractivity contribution is 0.116. The standard InChI is InChI=1S/C27H49NO3/c1-7-8-10-20(2)15-23(29)11-12-24-25-17-21(16-22(25)18-26(24)30)19-31-14-9-13-28(6)27(3,4)5/h11-12,16,20,22-26,29-30H,7-10,13-15,17-19H2,1-6H3/b12-11+/t20-,22-,23+,24+,25-,26+/m0/s1. The zero-order chi connectivity index (χ0) is 23.0. The van der Waals surface area contributed by atoms with Crippen molar-refractivity contribution in [2.45, 2.75) is 97.3 Å². The van der Waals surface area contributed by atoms with Gasteiger partial charge in [0, 0.05) is 24.6 Å². The van der Waals surface area contributed by atoms with Gasteiger partial charge in [-0.3, -0.25) is 0 Å². The van der Waals surface area contributed by atoms with Crippen LogP contribution in [0.15, 0.2) is 23.8 Å². The number of ether oxygens (including phenoxy) is 1. The van der Waals surface area contributed by atoms with Crippen LogP contribution in [0, 0.1) is 23.7 Å². The summed E-state index contributed by atoms with van der Waals surface area (Å²) in [6, 6.07) is 0. The predicted octanol–water partition coefficient (Wildman–Crippen LogP) is 5.20. The van der Waals surface area contributed by atoms with E-state index in [-0.39, 0.29) is 17.6 Å². The van der Waals surface area contributed by atoms with Gasteiger partial charge in [0.15, 0.2) is 0 Å². The van der Waals surface area contributed by atoms with Crippen LogP contribution in [0.25, 0.3) is 0 Å². The number of aliphatic hydroxyl groups is 2. The first kappa shape index (κ1) is 26.6. The van der Waals surface area contributed by atoms with E-state index < -0.39 is 6.10 Å². The number of nitrogens with zero attached hydrogens (tertiary/aromatic N) is 1. The highest BCUT2D eigenvalue weighted by molar-refractivity contribution is 5.21. The number of aliphatic hydroxyl groups excluding tert-OH is 2. The van der Waals surface area contributed by atoms with Crippen LogP contribution in [-0.4, -0.2) is 59.7 Å². The summed E-state index contributed by atoms with van der Waals surface area (Å²) in [5, 5.41) is 21.0. The van der Waals surface area contributed by atoms with E-state index in [0.717, 1.165) is 45.4 Å². The van der Waals surface area contributed by atoms with Crippen LogP contribution in [0.4, 0.5) is 0 Å². The molecule has 6 atom stereocenters. The fraction of sp³-hybridized carbons (Fsp3) is 0.852. The fourth-order valence-corrected chi connectivity index (χ4v) is 5.07. The van der Waals surface area contributed by atoms with Gasteiger partial charge in [-0.1, -0.05) is 51.3 Å². The summed E-state index contributed by atoms with van der Waals surface area (Å²) in [5.41, 5.74) is 1.59. The number of rotatable bonds is 13. The first-order valence-electron chi connectivity index (χ1n) is 12.6. The predicted molar refractivity (Wildman–Crippen MR) is 130 cm³/mol. The average Bonchev–Trinajstić information content (AvgIpc) is 3.19. The van der Waals surface area contributed by atoms with E-state index in [1.165, 1.54) is 24.8 Å². The molecule has 1 saturated carbocycles. The molecule has 2 N–H and O–H groups in total. The molecule has 31 heavy (non-hydrogen) atoms. The van der Waals surface area contributed by atoms with Gasteiger partial charge >= 0.3 is 0 Å². The Kier molecular flexibility index (Phi) is 10.7. The molecule has 0 aromatic carbocycles. The van der Waals surface area contributed by atoms with Crippen molar-refractivity contribution in [1.82, 2.24) is 4.90 Å². The summed E-state index contributed by atoms with van der Waals surface area (Å²) in [6.07, 6.45) is 13.0. The van der Waals surface area contributed by atoms with E-state index in [2.05, 4.69) is 58.7 Å². The van der Waals surface area contributed by atoms with Gasteiger partial charge in [0.2, 0.25) is 0 Å². The summed E-state index contributed by atoms with van der Waals surface area (Å²) in [5.74, 6) is 1.61. The lowest BCUT2D eigenvalue weighted by Gasteiger charge is -2.31. The molecule has 0 spiro atoms. The lowest BCUT2D eigenvalue weighted by Crippen LogP contribution is -2.38. The van der Waals surface area contributed by atoms with E-state index in [1.807, 2.05) is 6.08 Å². The fourth-order valence-electron chi connectivity index (χ4n) is 5.07. The van der Waals surface area contributed by atoms with Crippen molar-refractivity contribution in [2.75, 3.05) is 26.8 Å². The molecule has 0 bridgehead atoms. The quantitative estimate of drug-likeness (QED) is 0.308. The van der Waals surface area contributed by atoms with E-state index in [4.69, 9.17) is 4.74 Å². The van der Waals surface area contributed by atoms with Crippen molar-refractivity contribution in [2.24, 2.45) is 23.7 Å². The van der Waals surface area contributed by atoms with Crippen LogP contribution in [0.3, 0.4) is 0 Å². The largest absolute Gasteiger partial charge is 0.392 e. The smallest absolute Gasteiger partial charge is 0.0723 e. The highest BCUT2D eigenvalue weighted by atomic mass is 16.5. The van der Waals surface area contributed by atoms with Gasteiger partial charge in [0.1, 0.15) is 0 Å². The molecular formula is C27H49NO3. The average molecular weight is 436 g/mol. The van der Waals surface area contributed by atoms with Crippen LogP contribution in [0.2, 0.25) is 0 Å². The molecule has 0 aromatic heterocycles. The molecule has 0 radical (unpaired) electrons. The maximum atomic E-state index is 10.6. The SMILES string of the molecule is CCCC[C@H](C)C[C@H](O)/C=C/[C@@H]1[C@H]2CC(COCCCN(C)C(C)(C)C)=C[C@H]2C[C@H]1O. The third-order valence-electron chi connectivity index (χ3n) is 7.41. The Morgan fingerprint density at radius 2 is 2.03 bits per heavy atom. The van der Waals surface area contributed by atoms with Crippen LogP contribution >= 0.6 is 0 Å². The van der Waals surface area contributed by atoms with Gasteiger partial charge in [0.05, 0.1) is 18.8 Å². The minimum atomic E-state index is -0.401. The third kappa shape index (κ3) is 8.64. The molecule has 0 saturated heterocycles. The highest BCUT2D eigenvalue weighted by Gasteiger charge is 2.43. The van der Waals surface area contributed by atoms with Crippen molar-refractivity contribution in [1.29, 1.82) is 0 Å². The Hall–Kier alpha value is -0.680. The second kappa shape index (κ2) is 12.5. The number of allylic oxidation sites excluding steroid dienone is 1.